The molecule has 0 saturated carbocycles. The highest BCUT2D eigenvalue weighted by Gasteiger charge is 2.10. The number of aromatic hydroxyl groups is 1. The van der Waals surface area contributed by atoms with Gasteiger partial charge in [0.25, 0.3) is 5.91 Å². The maximum absolute atomic E-state index is 12.5. The molecule has 0 aromatic heterocycles. The molecule has 3 aromatic rings. The van der Waals surface area contributed by atoms with Gasteiger partial charge in [0.2, 0.25) is 0 Å². The van der Waals surface area contributed by atoms with Gasteiger partial charge in [0, 0.05) is 21.7 Å². The second-order valence-corrected chi connectivity index (χ2v) is 7.11. The van der Waals surface area contributed by atoms with Crippen LogP contribution in [0.25, 0.3) is 0 Å². The standard InChI is InChI=1S/C22H19NO3S/c1-15-12-18(24)10-11-20(15)23-22(26)17-8-5-9-19(13-17)27-14-21(25)16-6-3-2-4-7-16/h2-13,24H,14H2,1H3,(H,23,26). The van der Waals surface area contributed by atoms with Crippen LogP contribution in [0, 0.1) is 6.92 Å². The lowest BCUT2D eigenvalue weighted by atomic mass is 10.1. The predicted octanol–water partition coefficient (Wildman–Crippen LogP) is 4.93. The van der Waals surface area contributed by atoms with E-state index in [2.05, 4.69) is 5.32 Å². The van der Waals surface area contributed by atoms with Crippen LogP contribution in [0.1, 0.15) is 26.3 Å². The molecule has 0 heterocycles. The number of Topliss-reactive ketones (excluding diaryl/α,β-unsaturated/α-hetero) is 1. The zero-order chi connectivity index (χ0) is 19.2. The monoisotopic (exact) mass is 377 g/mol. The molecular formula is C22H19NO3S. The molecule has 0 atom stereocenters. The molecule has 0 spiro atoms. The second-order valence-electron chi connectivity index (χ2n) is 6.06. The third-order valence-corrected chi connectivity index (χ3v) is 5.01. The van der Waals surface area contributed by atoms with Crippen LogP contribution in [0.3, 0.4) is 0 Å². The van der Waals surface area contributed by atoms with E-state index in [1.54, 1.807) is 42.5 Å². The van der Waals surface area contributed by atoms with Crippen molar-refractivity contribution >= 4 is 29.1 Å². The minimum atomic E-state index is -0.236. The summed E-state index contributed by atoms with van der Waals surface area (Å²) < 4.78 is 0. The molecule has 136 valence electrons. The van der Waals surface area contributed by atoms with Crippen molar-refractivity contribution in [2.75, 3.05) is 11.1 Å². The Hall–Kier alpha value is -3.05. The molecule has 3 aromatic carbocycles. The lowest BCUT2D eigenvalue weighted by Gasteiger charge is -2.09. The fourth-order valence-electron chi connectivity index (χ4n) is 2.57. The van der Waals surface area contributed by atoms with Crippen LogP contribution in [0.4, 0.5) is 5.69 Å². The summed E-state index contributed by atoms with van der Waals surface area (Å²) in [5.74, 6) is 0.286. The highest BCUT2D eigenvalue weighted by Crippen LogP contribution is 2.23. The van der Waals surface area contributed by atoms with E-state index >= 15 is 0 Å². The smallest absolute Gasteiger partial charge is 0.255 e. The topological polar surface area (TPSA) is 66.4 Å². The van der Waals surface area contributed by atoms with Crippen LogP contribution in [0.5, 0.6) is 5.75 Å². The number of hydrogen-bond acceptors (Lipinski definition) is 4. The number of anilines is 1. The summed E-state index contributed by atoms with van der Waals surface area (Å²) in [4.78, 5) is 25.6. The first-order valence-electron chi connectivity index (χ1n) is 8.45. The van der Waals surface area contributed by atoms with Gasteiger partial charge >= 0.3 is 0 Å². The summed E-state index contributed by atoms with van der Waals surface area (Å²) in [5.41, 5.74) is 2.62. The molecule has 0 aliphatic heterocycles. The van der Waals surface area contributed by atoms with E-state index in [9.17, 15) is 14.7 Å². The number of phenols is 1. The largest absolute Gasteiger partial charge is 0.508 e. The molecule has 0 fully saturated rings. The number of rotatable bonds is 6. The van der Waals surface area contributed by atoms with E-state index in [4.69, 9.17) is 0 Å². The van der Waals surface area contributed by atoms with Gasteiger partial charge < -0.3 is 10.4 Å². The van der Waals surface area contributed by atoms with Crippen LogP contribution in [-0.2, 0) is 0 Å². The average Bonchev–Trinajstić information content (AvgIpc) is 2.69. The molecule has 27 heavy (non-hydrogen) atoms. The number of aryl methyl sites for hydroxylation is 1. The van der Waals surface area contributed by atoms with Crippen LogP contribution in [-0.4, -0.2) is 22.5 Å². The Balaban J connectivity index is 1.66. The summed E-state index contributed by atoms with van der Waals surface area (Å²) in [5, 5.41) is 12.3. The number of hydrogen-bond donors (Lipinski definition) is 2. The Morgan fingerprint density at radius 2 is 1.67 bits per heavy atom. The Bertz CT molecular complexity index is 970. The summed E-state index contributed by atoms with van der Waals surface area (Å²) in [7, 11) is 0. The molecule has 0 radical (unpaired) electrons. The van der Waals surface area contributed by atoms with Crippen LogP contribution in [0.15, 0.2) is 77.7 Å². The molecule has 5 heteroatoms. The molecular weight excluding hydrogens is 358 g/mol. The number of amides is 1. The number of phenolic OH excluding ortho intramolecular Hbond substituents is 1. The normalized spacial score (nSPS) is 10.4. The van der Waals surface area contributed by atoms with Crippen LogP contribution in [0.2, 0.25) is 0 Å². The summed E-state index contributed by atoms with van der Waals surface area (Å²) >= 11 is 1.40. The maximum atomic E-state index is 12.5. The molecule has 4 nitrogen and oxygen atoms in total. The first kappa shape index (κ1) is 18.7. The summed E-state index contributed by atoms with van der Waals surface area (Å²) in [6.07, 6.45) is 0. The van der Waals surface area contributed by atoms with Gasteiger partial charge in [-0.1, -0.05) is 36.4 Å². The highest BCUT2D eigenvalue weighted by molar-refractivity contribution is 8.00. The first-order valence-corrected chi connectivity index (χ1v) is 9.43. The van der Waals surface area contributed by atoms with Gasteiger partial charge in [-0.25, -0.2) is 0 Å². The van der Waals surface area contributed by atoms with Crippen LogP contribution < -0.4 is 5.32 Å². The highest BCUT2D eigenvalue weighted by atomic mass is 32.2. The van der Waals surface area contributed by atoms with E-state index in [1.807, 2.05) is 31.2 Å². The van der Waals surface area contributed by atoms with E-state index in [0.29, 0.717) is 22.6 Å². The van der Waals surface area contributed by atoms with E-state index in [-0.39, 0.29) is 17.4 Å². The van der Waals surface area contributed by atoms with E-state index in [0.717, 1.165) is 10.5 Å². The van der Waals surface area contributed by atoms with Gasteiger partial charge in [0.05, 0.1) is 5.75 Å². The minimum Gasteiger partial charge on any atom is -0.508 e. The van der Waals surface area contributed by atoms with Gasteiger partial charge in [0.15, 0.2) is 5.78 Å². The van der Waals surface area contributed by atoms with Gasteiger partial charge in [-0.3, -0.25) is 9.59 Å². The number of ketones is 1. The number of benzene rings is 3. The summed E-state index contributed by atoms with van der Waals surface area (Å²) in [6.45, 7) is 1.82. The Morgan fingerprint density at radius 1 is 0.926 bits per heavy atom. The first-order chi connectivity index (χ1) is 13.0. The predicted molar refractivity (Wildman–Crippen MR) is 109 cm³/mol. The number of thioether (sulfide) groups is 1. The lowest BCUT2D eigenvalue weighted by molar-refractivity contribution is 0.101. The van der Waals surface area contributed by atoms with Gasteiger partial charge in [0.1, 0.15) is 5.75 Å². The third kappa shape index (κ3) is 4.99. The summed E-state index contributed by atoms with van der Waals surface area (Å²) in [6, 6.07) is 21.1. The molecule has 1 amide bonds. The molecule has 0 bridgehead atoms. The molecule has 0 unspecified atom stereocenters. The average molecular weight is 377 g/mol. The van der Waals surface area contributed by atoms with Crippen LogP contribution >= 0.6 is 11.8 Å². The van der Waals surface area contributed by atoms with Gasteiger partial charge in [-0.05, 0) is 48.9 Å². The lowest BCUT2D eigenvalue weighted by Crippen LogP contribution is -2.12. The van der Waals surface area contributed by atoms with Crippen molar-refractivity contribution in [3.63, 3.8) is 0 Å². The number of nitrogens with one attached hydrogen (secondary N) is 1. The fraction of sp³-hybridized carbons (Fsp3) is 0.0909. The Kier molecular flexibility index (Phi) is 5.94. The van der Waals surface area contributed by atoms with Gasteiger partial charge in [-0.2, -0.15) is 0 Å². The zero-order valence-corrected chi connectivity index (χ0v) is 15.6. The molecule has 3 rings (SSSR count). The SMILES string of the molecule is Cc1cc(O)ccc1NC(=O)c1cccc(SCC(=O)c2ccccc2)c1. The number of carbonyl (C=O) groups is 2. The second kappa shape index (κ2) is 8.56. The van der Waals surface area contributed by atoms with Crippen molar-refractivity contribution in [2.45, 2.75) is 11.8 Å². The quantitative estimate of drug-likeness (QED) is 0.363. The van der Waals surface area contributed by atoms with Crippen molar-refractivity contribution in [3.05, 3.63) is 89.5 Å². The van der Waals surface area contributed by atoms with E-state index in [1.165, 1.54) is 17.8 Å². The molecule has 0 aliphatic rings. The molecule has 0 aliphatic carbocycles. The minimum absolute atomic E-state index is 0.0511. The van der Waals surface area contributed by atoms with Crippen molar-refractivity contribution in [1.29, 1.82) is 0 Å². The Labute approximate surface area is 162 Å². The Morgan fingerprint density at radius 3 is 2.41 bits per heavy atom. The third-order valence-electron chi connectivity index (χ3n) is 4.02. The van der Waals surface area contributed by atoms with Crippen molar-refractivity contribution in [1.82, 2.24) is 0 Å². The zero-order valence-electron chi connectivity index (χ0n) is 14.8. The van der Waals surface area contributed by atoms with Crippen molar-refractivity contribution in [2.24, 2.45) is 0 Å². The molecule has 0 saturated heterocycles. The van der Waals surface area contributed by atoms with Crippen molar-refractivity contribution in [3.8, 4) is 5.75 Å². The van der Waals surface area contributed by atoms with Crippen molar-refractivity contribution < 1.29 is 14.7 Å². The fourth-order valence-corrected chi connectivity index (χ4v) is 3.42. The maximum Gasteiger partial charge on any atom is 0.255 e. The van der Waals surface area contributed by atoms with Gasteiger partial charge in [-0.15, -0.1) is 11.8 Å². The van der Waals surface area contributed by atoms with E-state index < -0.39 is 0 Å². The molecule has 2 N–H and O–H groups in total. The number of carbonyl (C=O) groups excluding carboxylic acids is 2.